The van der Waals surface area contributed by atoms with Gasteiger partial charge in [-0.3, -0.25) is 9.98 Å². The number of aliphatic imine (C=N–C) groups is 1. The number of hydrogen-bond acceptors (Lipinski definition) is 2. The number of benzene rings is 1. The maximum Gasteiger partial charge on any atom is 0.0773 e. The molecule has 0 saturated heterocycles. The zero-order chi connectivity index (χ0) is 16.9. The first-order valence-corrected chi connectivity index (χ1v) is 8.31. The molecule has 0 bridgehead atoms. The summed E-state index contributed by atoms with van der Waals surface area (Å²) in [5.74, 6) is 0.533. The Balaban J connectivity index is 2.17. The Morgan fingerprint density at radius 3 is 2.38 bits per heavy atom. The summed E-state index contributed by atoms with van der Waals surface area (Å²) in [7, 11) is 0. The van der Waals surface area contributed by atoms with E-state index in [1.165, 1.54) is 11.1 Å². The number of allylic oxidation sites excluding steroid dienone is 5. The third-order valence-corrected chi connectivity index (χ3v) is 4.43. The second-order valence-corrected chi connectivity index (χ2v) is 6.04. The van der Waals surface area contributed by atoms with E-state index in [9.17, 15) is 0 Å². The maximum absolute atomic E-state index is 4.37. The second-order valence-electron chi connectivity index (χ2n) is 6.04. The lowest BCUT2D eigenvalue weighted by Gasteiger charge is -2.22. The van der Waals surface area contributed by atoms with E-state index in [2.05, 4.69) is 73.0 Å². The minimum Gasteiger partial charge on any atom is -0.265 e. The Hall–Kier alpha value is -2.74. The molecule has 2 aromatic rings. The monoisotopic (exact) mass is 314 g/mol. The van der Waals surface area contributed by atoms with Crippen LogP contribution in [0.4, 0.5) is 0 Å². The molecule has 24 heavy (non-hydrogen) atoms. The number of aryl methyl sites for hydroxylation is 1. The first-order valence-electron chi connectivity index (χ1n) is 8.31. The van der Waals surface area contributed by atoms with Gasteiger partial charge in [-0.05, 0) is 49.4 Å². The maximum atomic E-state index is 4.37. The van der Waals surface area contributed by atoms with Gasteiger partial charge in [0.2, 0.25) is 0 Å². The highest BCUT2D eigenvalue weighted by Crippen LogP contribution is 2.34. The molecule has 1 aromatic carbocycles. The normalized spacial score (nSPS) is 18.9. The molecule has 1 aliphatic rings. The van der Waals surface area contributed by atoms with Crippen molar-refractivity contribution in [3.05, 3.63) is 89.3 Å². The molecule has 2 nitrogen and oxygen atoms in total. The summed E-state index contributed by atoms with van der Waals surface area (Å²) in [5.41, 5.74) is 6.76. The average molecular weight is 314 g/mol. The van der Waals surface area contributed by atoms with Crippen molar-refractivity contribution in [2.24, 2.45) is 10.9 Å². The van der Waals surface area contributed by atoms with Crippen LogP contribution in [0.1, 0.15) is 30.0 Å². The number of rotatable bonds is 5. The summed E-state index contributed by atoms with van der Waals surface area (Å²) in [6.45, 7) is 8.13. The first kappa shape index (κ1) is 16.1. The molecule has 1 aromatic heterocycles. The van der Waals surface area contributed by atoms with Gasteiger partial charge in [-0.15, -0.1) is 0 Å². The van der Waals surface area contributed by atoms with Crippen LogP contribution in [0, 0.1) is 12.8 Å². The molecule has 1 atom stereocenters. The molecule has 1 heterocycles. The summed E-state index contributed by atoms with van der Waals surface area (Å²) >= 11 is 0. The molecule has 0 aliphatic heterocycles. The Bertz CT molecular complexity index is 809. The average Bonchev–Trinajstić information content (AvgIpc) is 2.60. The molecule has 3 rings (SSSR count). The van der Waals surface area contributed by atoms with Crippen molar-refractivity contribution in [1.29, 1.82) is 0 Å². The summed E-state index contributed by atoms with van der Waals surface area (Å²) < 4.78 is 0. The Morgan fingerprint density at radius 1 is 1.12 bits per heavy atom. The van der Waals surface area contributed by atoms with Crippen LogP contribution in [-0.2, 0) is 0 Å². The molecule has 0 amide bonds. The predicted molar refractivity (Wildman–Crippen MR) is 103 cm³/mol. The smallest absolute Gasteiger partial charge is 0.0773 e. The third-order valence-electron chi connectivity index (χ3n) is 4.43. The van der Waals surface area contributed by atoms with Gasteiger partial charge in [-0.2, -0.15) is 0 Å². The van der Waals surface area contributed by atoms with Gasteiger partial charge in [0.05, 0.1) is 5.70 Å². The summed E-state index contributed by atoms with van der Waals surface area (Å²) in [6.07, 6.45) is 11.4. The number of hydrogen-bond donors (Lipinski definition) is 0. The van der Waals surface area contributed by atoms with E-state index in [4.69, 9.17) is 0 Å². The number of aromatic nitrogens is 1. The topological polar surface area (TPSA) is 25.2 Å². The quantitative estimate of drug-likeness (QED) is 0.671. The fraction of sp³-hybridized carbons (Fsp3) is 0.182. The van der Waals surface area contributed by atoms with Gasteiger partial charge in [0.15, 0.2) is 0 Å². The van der Waals surface area contributed by atoms with Gasteiger partial charge in [0.25, 0.3) is 0 Å². The fourth-order valence-corrected chi connectivity index (χ4v) is 2.90. The van der Waals surface area contributed by atoms with E-state index in [1.54, 1.807) is 0 Å². The van der Waals surface area contributed by atoms with Crippen molar-refractivity contribution in [2.45, 2.75) is 20.3 Å². The van der Waals surface area contributed by atoms with E-state index >= 15 is 0 Å². The predicted octanol–water partition coefficient (Wildman–Crippen LogP) is 5.48. The number of pyridine rings is 1. The van der Waals surface area contributed by atoms with Crippen LogP contribution in [0.25, 0.3) is 11.3 Å². The van der Waals surface area contributed by atoms with Crippen molar-refractivity contribution in [2.75, 3.05) is 0 Å². The van der Waals surface area contributed by atoms with Crippen molar-refractivity contribution in [3.8, 4) is 0 Å². The van der Waals surface area contributed by atoms with Gasteiger partial charge in [-0.25, -0.2) is 0 Å². The lowest BCUT2D eigenvalue weighted by atomic mass is 9.84. The highest BCUT2D eigenvalue weighted by molar-refractivity contribution is 5.96. The summed E-state index contributed by atoms with van der Waals surface area (Å²) in [4.78, 5) is 8.51. The van der Waals surface area contributed by atoms with Crippen LogP contribution in [0.3, 0.4) is 0 Å². The molecule has 120 valence electrons. The van der Waals surface area contributed by atoms with E-state index in [0.29, 0.717) is 5.92 Å². The standard InChI is InChI=1S/C22H22N2/c1-4-17-9-10-20(17)15-21(18-11-13-24-14-12-18)22(23-3)19-7-5-16(2)6-8-19/h5-15,17H,3-4H2,1-2H3/b20-15-,22-21+. The van der Waals surface area contributed by atoms with Crippen molar-refractivity contribution in [1.82, 2.24) is 4.98 Å². The zero-order valence-corrected chi connectivity index (χ0v) is 14.2. The molecule has 2 heteroatoms. The molecule has 0 N–H and O–H groups in total. The van der Waals surface area contributed by atoms with Gasteiger partial charge < -0.3 is 0 Å². The summed E-state index contributed by atoms with van der Waals surface area (Å²) in [6, 6.07) is 12.5. The van der Waals surface area contributed by atoms with Gasteiger partial charge in [0, 0.05) is 29.4 Å². The Kier molecular flexibility index (Phi) is 4.85. The second kappa shape index (κ2) is 7.22. The van der Waals surface area contributed by atoms with Crippen LogP contribution in [0.2, 0.25) is 0 Å². The molecular formula is C22H22N2. The fourth-order valence-electron chi connectivity index (χ4n) is 2.90. The molecule has 0 saturated carbocycles. The van der Waals surface area contributed by atoms with Crippen LogP contribution >= 0.6 is 0 Å². The third kappa shape index (κ3) is 3.28. The Labute approximate surface area is 144 Å². The molecule has 1 unspecified atom stereocenters. The van der Waals surface area contributed by atoms with Crippen LogP contribution in [0.15, 0.2) is 77.6 Å². The lowest BCUT2D eigenvalue weighted by molar-refractivity contribution is 0.707. The van der Waals surface area contributed by atoms with Crippen molar-refractivity contribution in [3.63, 3.8) is 0 Å². The SMILES string of the molecule is C=N/C(=C(\C=C1\C=CC1CC)c1ccncc1)c1ccc(C)cc1. The minimum absolute atomic E-state index is 0.533. The highest BCUT2D eigenvalue weighted by Gasteiger charge is 2.17. The lowest BCUT2D eigenvalue weighted by Crippen LogP contribution is -2.06. The van der Waals surface area contributed by atoms with Crippen molar-refractivity contribution >= 4 is 18.0 Å². The van der Waals surface area contributed by atoms with Gasteiger partial charge in [-0.1, -0.05) is 48.9 Å². The molecule has 0 spiro atoms. The molecule has 1 aliphatic carbocycles. The van der Waals surface area contributed by atoms with Crippen LogP contribution < -0.4 is 0 Å². The van der Waals surface area contributed by atoms with Crippen LogP contribution in [-0.4, -0.2) is 11.7 Å². The zero-order valence-electron chi connectivity index (χ0n) is 14.2. The highest BCUT2D eigenvalue weighted by atomic mass is 14.7. The minimum atomic E-state index is 0.533. The first-order chi connectivity index (χ1) is 11.7. The summed E-state index contributed by atoms with van der Waals surface area (Å²) in [5, 5.41) is 0. The van der Waals surface area contributed by atoms with Gasteiger partial charge >= 0.3 is 0 Å². The van der Waals surface area contributed by atoms with E-state index in [1.807, 2.05) is 24.5 Å². The Morgan fingerprint density at radius 2 is 1.83 bits per heavy atom. The van der Waals surface area contributed by atoms with E-state index in [-0.39, 0.29) is 0 Å². The van der Waals surface area contributed by atoms with Gasteiger partial charge in [0.1, 0.15) is 0 Å². The molecule has 0 fully saturated rings. The van der Waals surface area contributed by atoms with E-state index < -0.39 is 0 Å². The van der Waals surface area contributed by atoms with Crippen molar-refractivity contribution < 1.29 is 0 Å². The van der Waals surface area contributed by atoms with E-state index in [0.717, 1.165) is 28.8 Å². The largest absolute Gasteiger partial charge is 0.265 e. The molecular weight excluding hydrogens is 292 g/mol. The number of nitrogens with zero attached hydrogens (tertiary/aromatic N) is 2. The van der Waals surface area contributed by atoms with Crippen LogP contribution in [0.5, 0.6) is 0 Å². The molecule has 0 radical (unpaired) electrons.